The van der Waals surface area contributed by atoms with Crippen LogP contribution in [0.5, 0.6) is 5.75 Å². The van der Waals surface area contributed by atoms with Crippen LogP contribution in [0.15, 0.2) is 18.2 Å². The van der Waals surface area contributed by atoms with E-state index in [2.05, 4.69) is 17.7 Å². The number of phenolic OH excluding ortho intramolecular Hbond substituents is 1. The second-order valence-electron chi connectivity index (χ2n) is 6.45. The molecule has 5 nitrogen and oxygen atoms in total. The molecule has 4 rings (SSSR count). The van der Waals surface area contributed by atoms with E-state index < -0.39 is 0 Å². The Morgan fingerprint density at radius 3 is 2.96 bits per heavy atom. The number of likely N-dealkylation sites (N-methyl/N-ethyl adjacent to an activating group) is 1. The first-order valence-electron chi connectivity index (χ1n) is 7.85. The number of phenols is 1. The zero-order valence-corrected chi connectivity index (χ0v) is 14.0. The first-order valence-corrected chi connectivity index (χ1v) is 8.67. The lowest BCUT2D eigenvalue weighted by Crippen LogP contribution is -3.08. The van der Waals surface area contributed by atoms with E-state index in [0.717, 1.165) is 35.6 Å². The molecule has 0 bridgehead atoms. The highest BCUT2D eigenvalue weighted by molar-refractivity contribution is 7.16. The SMILES string of the molecule is Cc1ccc([C@@H]2NC(=O)c3c(sc4c3CC[NH+](C)C4)N2)c(O)c1. The average molecular weight is 330 g/mol. The third-order valence-electron chi connectivity index (χ3n) is 4.63. The Labute approximate surface area is 138 Å². The molecule has 2 aliphatic heterocycles. The van der Waals surface area contributed by atoms with Crippen molar-refractivity contribution in [2.75, 3.05) is 18.9 Å². The first-order chi connectivity index (χ1) is 11.0. The molecular formula is C17H20N3O2S+. The summed E-state index contributed by atoms with van der Waals surface area (Å²) in [4.78, 5) is 15.4. The number of aryl methyl sites for hydroxylation is 1. The van der Waals surface area contributed by atoms with Crippen LogP contribution in [0.2, 0.25) is 0 Å². The van der Waals surface area contributed by atoms with Gasteiger partial charge in [-0.25, -0.2) is 0 Å². The summed E-state index contributed by atoms with van der Waals surface area (Å²) in [5.74, 6) is 0.164. The summed E-state index contributed by atoms with van der Waals surface area (Å²) in [7, 11) is 2.18. The van der Waals surface area contributed by atoms with Crippen LogP contribution in [0.3, 0.4) is 0 Å². The molecule has 0 radical (unpaired) electrons. The number of aromatic hydroxyl groups is 1. The van der Waals surface area contributed by atoms with E-state index >= 15 is 0 Å². The second-order valence-corrected chi connectivity index (χ2v) is 7.56. The van der Waals surface area contributed by atoms with Crippen molar-refractivity contribution < 1.29 is 14.8 Å². The van der Waals surface area contributed by atoms with Gasteiger partial charge < -0.3 is 20.6 Å². The summed E-state index contributed by atoms with van der Waals surface area (Å²) in [6.07, 6.45) is 0.559. The van der Waals surface area contributed by atoms with Gasteiger partial charge in [0.05, 0.1) is 24.0 Å². The van der Waals surface area contributed by atoms with Gasteiger partial charge in [0, 0.05) is 12.0 Å². The molecular weight excluding hydrogens is 310 g/mol. The smallest absolute Gasteiger partial charge is 0.256 e. The second kappa shape index (κ2) is 5.25. The summed E-state index contributed by atoms with van der Waals surface area (Å²) in [5, 5.41) is 17.5. The van der Waals surface area contributed by atoms with Gasteiger partial charge in [-0.15, -0.1) is 11.3 Å². The Morgan fingerprint density at radius 2 is 2.17 bits per heavy atom. The number of benzene rings is 1. The standard InChI is InChI=1S/C17H19N3O2S/c1-9-3-4-10(12(21)7-9)15-18-16(22)14-11-5-6-20(2)8-13(11)23-17(14)19-15/h3-4,7,15,19,21H,5-6,8H2,1-2H3,(H,18,22)/p+1/t15-/m1/s1. The molecule has 1 unspecified atom stereocenters. The van der Waals surface area contributed by atoms with Crippen molar-refractivity contribution >= 4 is 22.2 Å². The van der Waals surface area contributed by atoms with Crippen LogP contribution in [-0.4, -0.2) is 24.6 Å². The number of nitrogens with one attached hydrogen (secondary N) is 3. The lowest BCUT2D eigenvalue weighted by molar-refractivity contribution is -0.895. The van der Waals surface area contributed by atoms with Crippen molar-refractivity contribution in [1.29, 1.82) is 0 Å². The third-order valence-corrected chi connectivity index (χ3v) is 5.79. The third kappa shape index (κ3) is 2.38. The van der Waals surface area contributed by atoms with Crippen molar-refractivity contribution in [3.63, 3.8) is 0 Å². The van der Waals surface area contributed by atoms with E-state index in [1.807, 2.05) is 19.1 Å². The minimum Gasteiger partial charge on any atom is -0.508 e. The normalized spacial score (nSPS) is 22.8. The number of carbonyl (C=O) groups is 1. The van der Waals surface area contributed by atoms with Gasteiger partial charge in [0.1, 0.15) is 23.5 Å². The number of carbonyl (C=O) groups excluding carboxylic acids is 1. The fraction of sp³-hybridized carbons (Fsp3) is 0.353. The van der Waals surface area contributed by atoms with Crippen LogP contribution >= 0.6 is 11.3 Å². The quantitative estimate of drug-likeness (QED) is 0.635. The number of quaternary nitrogens is 1. The molecule has 0 saturated heterocycles. The minimum atomic E-state index is -0.388. The predicted molar refractivity (Wildman–Crippen MR) is 90.2 cm³/mol. The molecule has 4 N–H and O–H groups in total. The Morgan fingerprint density at radius 1 is 1.35 bits per heavy atom. The molecule has 0 spiro atoms. The topological polar surface area (TPSA) is 65.8 Å². The Bertz CT molecular complexity index is 799. The van der Waals surface area contributed by atoms with Gasteiger partial charge >= 0.3 is 0 Å². The van der Waals surface area contributed by atoms with Crippen LogP contribution in [0.25, 0.3) is 0 Å². The highest BCUT2D eigenvalue weighted by atomic mass is 32.1. The molecule has 1 aromatic heterocycles. The van der Waals surface area contributed by atoms with Gasteiger partial charge in [0.25, 0.3) is 5.91 Å². The zero-order chi connectivity index (χ0) is 16.1. The van der Waals surface area contributed by atoms with Crippen molar-refractivity contribution in [2.45, 2.75) is 26.1 Å². The van der Waals surface area contributed by atoms with Crippen molar-refractivity contribution in [1.82, 2.24) is 5.32 Å². The molecule has 3 heterocycles. The molecule has 2 aromatic rings. The van der Waals surface area contributed by atoms with Gasteiger partial charge in [-0.3, -0.25) is 4.79 Å². The highest BCUT2D eigenvalue weighted by Crippen LogP contribution is 2.40. The molecule has 1 amide bonds. The molecule has 6 heteroatoms. The maximum absolute atomic E-state index is 12.6. The molecule has 120 valence electrons. The van der Waals surface area contributed by atoms with Crippen molar-refractivity contribution in [2.24, 2.45) is 0 Å². The van der Waals surface area contributed by atoms with Crippen LogP contribution in [-0.2, 0) is 13.0 Å². The maximum atomic E-state index is 12.6. The Balaban J connectivity index is 1.71. The minimum absolute atomic E-state index is 0.0409. The summed E-state index contributed by atoms with van der Waals surface area (Å²) in [6.45, 7) is 3.97. The van der Waals surface area contributed by atoms with Gasteiger partial charge in [0.15, 0.2) is 0 Å². The summed E-state index contributed by atoms with van der Waals surface area (Å²) >= 11 is 1.68. The Kier molecular flexibility index (Phi) is 3.32. The number of hydrogen-bond donors (Lipinski definition) is 4. The van der Waals surface area contributed by atoms with E-state index in [0.29, 0.717) is 5.56 Å². The van der Waals surface area contributed by atoms with Crippen LogP contribution < -0.4 is 15.5 Å². The molecule has 2 atom stereocenters. The molecule has 0 fully saturated rings. The Hall–Kier alpha value is -2.05. The average Bonchev–Trinajstić information content (AvgIpc) is 2.84. The predicted octanol–water partition coefficient (Wildman–Crippen LogP) is 1.19. The number of rotatable bonds is 1. The summed E-state index contributed by atoms with van der Waals surface area (Å²) in [5.41, 5.74) is 3.70. The molecule has 23 heavy (non-hydrogen) atoms. The fourth-order valence-electron chi connectivity index (χ4n) is 3.39. The first kappa shape index (κ1) is 14.5. The van der Waals surface area contributed by atoms with Crippen molar-refractivity contribution in [3.05, 3.63) is 45.3 Å². The van der Waals surface area contributed by atoms with Gasteiger partial charge in [-0.1, -0.05) is 12.1 Å². The van der Waals surface area contributed by atoms with Crippen LogP contribution in [0.4, 0.5) is 5.00 Å². The van der Waals surface area contributed by atoms with Crippen LogP contribution in [0.1, 0.15) is 38.1 Å². The van der Waals surface area contributed by atoms with Crippen LogP contribution in [0, 0.1) is 6.92 Å². The maximum Gasteiger partial charge on any atom is 0.256 e. The summed E-state index contributed by atoms with van der Waals surface area (Å²) < 4.78 is 0. The van der Waals surface area contributed by atoms with E-state index in [-0.39, 0.29) is 17.8 Å². The largest absolute Gasteiger partial charge is 0.508 e. The van der Waals surface area contributed by atoms with Gasteiger partial charge in [-0.05, 0) is 24.1 Å². The lowest BCUT2D eigenvalue weighted by atomic mass is 10.00. The monoisotopic (exact) mass is 330 g/mol. The number of amides is 1. The highest BCUT2D eigenvalue weighted by Gasteiger charge is 2.34. The summed E-state index contributed by atoms with van der Waals surface area (Å²) in [6, 6.07) is 5.52. The molecule has 2 aliphatic rings. The number of thiophene rings is 1. The molecule has 0 saturated carbocycles. The van der Waals surface area contributed by atoms with E-state index in [1.54, 1.807) is 17.4 Å². The number of fused-ring (bicyclic) bond motifs is 3. The fourth-order valence-corrected chi connectivity index (χ4v) is 4.77. The number of hydrogen-bond acceptors (Lipinski definition) is 4. The number of anilines is 1. The van der Waals surface area contributed by atoms with E-state index in [1.165, 1.54) is 15.3 Å². The van der Waals surface area contributed by atoms with E-state index in [9.17, 15) is 9.90 Å². The van der Waals surface area contributed by atoms with Gasteiger partial charge in [0.2, 0.25) is 0 Å². The van der Waals surface area contributed by atoms with Gasteiger partial charge in [-0.2, -0.15) is 0 Å². The molecule has 0 aliphatic carbocycles. The molecule has 1 aromatic carbocycles. The van der Waals surface area contributed by atoms with Crippen molar-refractivity contribution in [3.8, 4) is 5.75 Å². The van der Waals surface area contributed by atoms with E-state index in [4.69, 9.17) is 0 Å². The zero-order valence-electron chi connectivity index (χ0n) is 13.2. The lowest BCUT2D eigenvalue weighted by Gasteiger charge is -2.27.